The van der Waals surface area contributed by atoms with Crippen LogP contribution in [0.1, 0.15) is 44.2 Å². The zero-order chi connectivity index (χ0) is 19.8. The molecule has 1 aliphatic carbocycles. The van der Waals surface area contributed by atoms with Gasteiger partial charge < -0.3 is 5.32 Å². The van der Waals surface area contributed by atoms with E-state index in [9.17, 15) is 13.2 Å². The summed E-state index contributed by atoms with van der Waals surface area (Å²) in [7, 11) is -3.64. The summed E-state index contributed by atoms with van der Waals surface area (Å²) in [5.74, 6) is -0.00387. The first-order valence-corrected chi connectivity index (χ1v) is 11.9. The highest BCUT2D eigenvalue weighted by atomic mass is 32.2. The molecule has 0 fully saturated rings. The topological polar surface area (TPSA) is 88.2 Å². The number of aromatic nitrogens is 1. The van der Waals surface area contributed by atoms with E-state index < -0.39 is 10.0 Å². The SMILES string of the molecule is O=C(CCc1csc(NS(=O)(=O)c2ccccc2)n1)NCCC1=CCCCC1. The van der Waals surface area contributed by atoms with Gasteiger partial charge in [-0.3, -0.25) is 9.52 Å². The molecule has 0 spiro atoms. The monoisotopic (exact) mass is 419 g/mol. The van der Waals surface area contributed by atoms with Crippen molar-refractivity contribution in [3.63, 3.8) is 0 Å². The molecule has 1 aliphatic rings. The molecule has 8 heteroatoms. The predicted octanol–water partition coefficient (Wildman–Crippen LogP) is 3.88. The van der Waals surface area contributed by atoms with Gasteiger partial charge in [-0.25, -0.2) is 13.4 Å². The van der Waals surface area contributed by atoms with Gasteiger partial charge in [-0.05, 0) is 50.7 Å². The molecule has 6 nitrogen and oxygen atoms in total. The Morgan fingerprint density at radius 2 is 1.96 bits per heavy atom. The smallest absolute Gasteiger partial charge is 0.263 e. The number of carbonyl (C=O) groups is 1. The van der Waals surface area contributed by atoms with Gasteiger partial charge in [0.2, 0.25) is 5.91 Å². The molecule has 0 radical (unpaired) electrons. The molecular formula is C20H25N3O3S2. The average molecular weight is 420 g/mol. The van der Waals surface area contributed by atoms with E-state index in [4.69, 9.17) is 0 Å². The Bertz CT molecular complexity index is 921. The van der Waals surface area contributed by atoms with Gasteiger partial charge in [-0.15, -0.1) is 11.3 Å². The van der Waals surface area contributed by atoms with Gasteiger partial charge in [-0.1, -0.05) is 29.8 Å². The Hall–Kier alpha value is -2.19. The van der Waals surface area contributed by atoms with E-state index in [1.165, 1.54) is 41.9 Å². The van der Waals surface area contributed by atoms with Crippen molar-refractivity contribution in [2.45, 2.75) is 49.8 Å². The highest BCUT2D eigenvalue weighted by molar-refractivity contribution is 7.93. The number of amides is 1. The molecule has 0 unspecified atom stereocenters. The molecule has 1 aromatic heterocycles. The first kappa shape index (κ1) is 20.5. The summed E-state index contributed by atoms with van der Waals surface area (Å²) in [6, 6.07) is 8.17. The molecule has 2 aromatic rings. The molecular weight excluding hydrogens is 394 g/mol. The molecule has 3 rings (SSSR count). The summed E-state index contributed by atoms with van der Waals surface area (Å²) in [5, 5.41) is 5.04. The van der Waals surface area contributed by atoms with Crippen LogP contribution in [-0.4, -0.2) is 25.9 Å². The summed E-state index contributed by atoms with van der Waals surface area (Å²) in [4.78, 5) is 16.5. The van der Waals surface area contributed by atoms with E-state index >= 15 is 0 Å². The first-order valence-electron chi connectivity index (χ1n) is 9.50. The number of sulfonamides is 1. The number of allylic oxidation sites excluding steroid dienone is 1. The number of benzene rings is 1. The van der Waals surface area contributed by atoms with E-state index in [2.05, 4.69) is 21.1 Å². The standard InChI is InChI=1S/C20H25N3O3S2/c24-19(21-14-13-16-7-3-1-4-8-16)12-11-17-15-27-20(22-17)23-28(25,26)18-9-5-2-6-10-18/h2,5-7,9-10,15H,1,3-4,8,11-14H2,(H,21,24)(H,22,23). The number of rotatable bonds is 9. The minimum Gasteiger partial charge on any atom is -0.356 e. The lowest BCUT2D eigenvalue weighted by atomic mass is 9.97. The predicted molar refractivity (Wildman–Crippen MR) is 112 cm³/mol. The molecule has 0 aliphatic heterocycles. The van der Waals surface area contributed by atoms with E-state index in [0.717, 1.165) is 19.3 Å². The van der Waals surface area contributed by atoms with Crippen LogP contribution in [0.15, 0.2) is 52.3 Å². The van der Waals surface area contributed by atoms with Crippen LogP contribution in [0.3, 0.4) is 0 Å². The minimum atomic E-state index is -3.64. The van der Waals surface area contributed by atoms with Crippen LogP contribution >= 0.6 is 11.3 Å². The lowest BCUT2D eigenvalue weighted by molar-refractivity contribution is -0.121. The van der Waals surface area contributed by atoms with Crippen LogP contribution in [0.4, 0.5) is 5.13 Å². The molecule has 1 amide bonds. The molecule has 1 aromatic carbocycles. The number of aryl methyl sites for hydroxylation is 1. The third-order valence-corrected chi connectivity index (χ3v) is 6.88. The Balaban J connectivity index is 1.43. The van der Waals surface area contributed by atoms with Crippen molar-refractivity contribution >= 4 is 32.4 Å². The van der Waals surface area contributed by atoms with Gasteiger partial charge in [0, 0.05) is 18.3 Å². The number of carbonyl (C=O) groups excluding carboxylic acids is 1. The number of nitrogens with zero attached hydrogens (tertiary/aromatic N) is 1. The molecule has 1 heterocycles. The van der Waals surface area contributed by atoms with Crippen molar-refractivity contribution in [2.75, 3.05) is 11.3 Å². The van der Waals surface area contributed by atoms with E-state index in [1.54, 1.807) is 23.6 Å². The maximum Gasteiger partial charge on any atom is 0.263 e. The molecule has 2 N–H and O–H groups in total. The first-order chi connectivity index (χ1) is 13.5. The second-order valence-corrected chi connectivity index (χ2v) is 9.31. The molecule has 0 saturated heterocycles. The maximum atomic E-state index is 12.3. The van der Waals surface area contributed by atoms with Gasteiger partial charge >= 0.3 is 0 Å². The van der Waals surface area contributed by atoms with Gasteiger partial charge in [0.25, 0.3) is 10.0 Å². The Labute approximate surface area is 170 Å². The molecule has 150 valence electrons. The maximum absolute atomic E-state index is 12.3. The van der Waals surface area contributed by atoms with Crippen molar-refractivity contribution in [3.8, 4) is 0 Å². The van der Waals surface area contributed by atoms with Gasteiger partial charge in [0.15, 0.2) is 5.13 Å². The fourth-order valence-electron chi connectivity index (χ4n) is 3.07. The Kier molecular flexibility index (Phi) is 7.22. The van der Waals surface area contributed by atoms with E-state index in [0.29, 0.717) is 30.2 Å². The summed E-state index contributed by atoms with van der Waals surface area (Å²) in [6.07, 6.45) is 8.87. The number of nitrogens with one attached hydrogen (secondary N) is 2. The zero-order valence-corrected chi connectivity index (χ0v) is 17.3. The van der Waals surface area contributed by atoms with Gasteiger partial charge in [0.05, 0.1) is 10.6 Å². The number of thiazole rings is 1. The number of hydrogen-bond donors (Lipinski definition) is 2. The van der Waals surface area contributed by atoms with Crippen LogP contribution in [-0.2, 0) is 21.2 Å². The van der Waals surface area contributed by atoms with Crippen LogP contribution in [0.25, 0.3) is 0 Å². The van der Waals surface area contributed by atoms with E-state index in [1.807, 2.05) is 0 Å². The highest BCUT2D eigenvalue weighted by Crippen LogP contribution is 2.21. The Morgan fingerprint density at radius 1 is 1.14 bits per heavy atom. The van der Waals surface area contributed by atoms with Gasteiger partial charge in [0.1, 0.15) is 0 Å². The Morgan fingerprint density at radius 3 is 2.71 bits per heavy atom. The van der Waals surface area contributed by atoms with Crippen molar-refractivity contribution in [1.29, 1.82) is 0 Å². The van der Waals surface area contributed by atoms with Crippen molar-refractivity contribution in [2.24, 2.45) is 0 Å². The van der Waals surface area contributed by atoms with Crippen molar-refractivity contribution in [3.05, 3.63) is 53.1 Å². The largest absolute Gasteiger partial charge is 0.356 e. The fraction of sp³-hybridized carbons (Fsp3) is 0.400. The number of anilines is 1. The third-order valence-electron chi connectivity index (χ3n) is 4.59. The third kappa shape index (κ3) is 6.17. The zero-order valence-electron chi connectivity index (χ0n) is 15.7. The quantitative estimate of drug-likeness (QED) is 0.604. The lowest BCUT2D eigenvalue weighted by Gasteiger charge is -2.12. The van der Waals surface area contributed by atoms with Crippen LogP contribution < -0.4 is 10.0 Å². The summed E-state index contributed by atoms with van der Waals surface area (Å²) in [6.45, 7) is 0.670. The average Bonchev–Trinajstić information content (AvgIpc) is 3.14. The van der Waals surface area contributed by atoms with Crippen LogP contribution in [0.5, 0.6) is 0 Å². The molecule has 0 atom stereocenters. The van der Waals surface area contributed by atoms with Crippen molar-refractivity contribution < 1.29 is 13.2 Å². The lowest BCUT2D eigenvalue weighted by Crippen LogP contribution is -2.25. The van der Waals surface area contributed by atoms with Crippen LogP contribution in [0.2, 0.25) is 0 Å². The van der Waals surface area contributed by atoms with Gasteiger partial charge in [-0.2, -0.15) is 0 Å². The summed E-state index contributed by atoms with van der Waals surface area (Å²) >= 11 is 1.22. The second kappa shape index (κ2) is 9.84. The molecule has 0 bridgehead atoms. The highest BCUT2D eigenvalue weighted by Gasteiger charge is 2.16. The number of hydrogen-bond acceptors (Lipinski definition) is 5. The van der Waals surface area contributed by atoms with Crippen LogP contribution in [0, 0.1) is 0 Å². The fourth-order valence-corrected chi connectivity index (χ4v) is 5.08. The molecule has 0 saturated carbocycles. The van der Waals surface area contributed by atoms with E-state index in [-0.39, 0.29) is 10.8 Å². The van der Waals surface area contributed by atoms with Crippen molar-refractivity contribution in [1.82, 2.24) is 10.3 Å². The normalized spacial score (nSPS) is 14.4. The summed E-state index contributed by atoms with van der Waals surface area (Å²) in [5.41, 5.74) is 2.15. The second-order valence-electron chi connectivity index (χ2n) is 6.77. The molecule has 28 heavy (non-hydrogen) atoms. The summed E-state index contributed by atoms with van der Waals surface area (Å²) < 4.78 is 27.1. The minimum absolute atomic E-state index is 0.00387.